The van der Waals surface area contributed by atoms with E-state index < -0.39 is 0 Å². The molecular weight excluding hydrogens is 238 g/mol. The van der Waals surface area contributed by atoms with Crippen molar-refractivity contribution in [3.05, 3.63) is 12.4 Å². The van der Waals surface area contributed by atoms with Crippen LogP contribution < -0.4 is 4.90 Å². The first-order valence-corrected chi connectivity index (χ1v) is 6.61. The number of nitrogens with zero attached hydrogens (tertiary/aromatic N) is 3. The van der Waals surface area contributed by atoms with Crippen LogP contribution in [0.1, 0.15) is 13.3 Å². The molecule has 0 saturated carbocycles. The van der Waals surface area contributed by atoms with E-state index in [1.165, 1.54) is 7.11 Å². The number of carbonyl (C=O) groups excluding carboxylic acids is 1. The number of rotatable bonds is 6. The fourth-order valence-corrected chi connectivity index (χ4v) is 1.75. The molecule has 0 unspecified atom stereocenters. The number of ether oxygens (including phenoxy) is 1. The van der Waals surface area contributed by atoms with E-state index in [0.29, 0.717) is 13.0 Å². The lowest BCUT2D eigenvalue weighted by Crippen LogP contribution is -2.27. The van der Waals surface area contributed by atoms with Crippen molar-refractivity contribution >= 4 is 23.5 Å². The molecule has 1 heterocycles. The summed E-state index contributed by atoms with van der Waals surface area (Å²) in [5.74, 6) is 0.637. The minimum atomic E-state index is -0.206. The molecule has 17 heavy (non-hydrogen) atoms. The molecule has 1 aromatic rings. The largest absolute Gasteiger partial charge is 0.469 e. The van der Waals surface area contributed by atoms with Gasteiger partial charge in [-0.25, -0.2) is 9.97 Å². The summed E-state index contributed by atoms with van der Waals surface area (Å²) in [6.07, 6.45) is 3.88. The van der Waals surface area contributed by atoms with Gasteiger partial charge in [-0.2, -0.15) is 0 Å². The molecule has 0 aliphatic carbocycles. The highest BCUT2D eigenvalue weighted by Crippen LogP contribution is 2.17. The first-order valence-electron chi connectivity index (χ1n) is 5.39. The Morgan fingerprint density at radius 1 is 1.53 bits per heavy atom. The molecule has 0 spiro atoms. The van der Waals surface area contributed by atoms with E-state index >= 15 is 0 Å². The maximum absolute atomic E-state index is 11.1. The highest BCUT2D eigenvalue weighted by atomic mass is 32.2. The molecule has 0 aromatic carbocycles. The third-order valence-corrected chi connectivity index (χ3v) is 3.00. The summed E-state index contributed by atoms with van der Waals surface area (Å²) in [5, 5.41) is 0.923. The van der Waals surface area contributed by atoms with Crippen LogP contribution in [0, 0.1) is 0 Å². The Balaban J connectivity index is 2.68. The van der Waals surface area contributed by atoms with Gasteiger partial charge >= 0.3 is 5.97 Å². The summed E-state index contributed by atoms with van der Waals surface area (Å²) in [6, 6.07) is 1.92. The summed E-state index contributed by atoms with van der Waals surface area (Å²) in [5.41, 5.74) is 0. The van der Waals surface area contributed by atoms with Gasteiger partial charge in [-0.15, -0.1) is 11.8 Å². The molecule has 0 N–H and O–H groups in total. The van der Waals surface area contributed by atoms with Crippen LogP contribution in [0.25, 0.3) is 0 Å². The Kier molecular flexibility index (Phi) is 5.76. The number of aromatic nitrogens is 2. The van der Waals surface area contributed by atoms with E-state index in [1.54, 1.807) is 18.1 Å². The molecule has 1 rings (SSSR count). The van der Waals surface area contributed by atoms with Crippen molar-refractivity contribution < 1.29 is 9.53 Å². The van der Waals surface area contributed by atoms with E-state index in [9.17, 15) is 4.79 Å². The average Bonchev–Trinajstić information content (AvgIpc) is 2.39. The smallest absolute Gasteiger partial charge is 0.307 e. The fraction of sp³-hybridized carbons (Fsp3) is 0.545. The molecular formula is C11H17N3O2S. The Morgan fingerprint density at radius 2 is 2.29 bits per heavy atom. The van der Waals surface area contributed by atoms with Gasteiger partial charge in [-0.05, 0) is 13.2 Å². The van der Waals surface area contributed by atoms with Crippen LogP contribution in [-0.2, 0) is 9.53 Å². The maximum Gasteiger partial charge on any atom is 0.307 e. The van der Waals surface area contributed by atoms with Gasteiger partial charge in [0.2, 0.25) is 0 Å². The van der Waals surface area contributed by atoms with Gasteiger partial charge in [-0.3, -0.25) is 4.79 Å². The summed E-state index contributed by atoms with van der Waals surface area (Å²) in [6.45, 7) is 3.42. The number of anilines is 1. The monoisotopic (exact) mass is 255 g/mol. The zero-order valence-corrected chi connectivity index (χ0v) is 11.2. The summed E-state index contributed by atoms with van der Waals surface area (Å²) in [7, 11) is 1.40. The molecule has 1 aromatic heterocycles. The molecule has 0 bridgehead atoms. The van der Waals surface area contributed by atoms with Crippen LogP contribution in [-0.4, -0.2) is 42.4 Å². The third-order valence-electron chi connectivity index (χ3n) is 2.36. The Bertz CT molecular complexity index is 373. The maximum atomic E-state index is 11.1. The molecule has 0 aliphatic rings. The first kappa shape index (κ1) is 13.8. The van der Waals surface area contributed by atoms with Crippen molar-refractivity contribution in [2.75, 3.05) is 31.4 Å². The summed E-state index contributed by atoms with van der Waals surface area (Å²) < 4.78 is 4.62. The molecule has 5 nitrogen and oxygen atoms in total. The van der Waals surface area contributed by atoms with Crippen molar-refractivity contribution in [2.24, 2.45) is 0 Å². The summed E-state index contributed by atoms with van der Waals surface area (Å²) >= 11 is 1.57. The Labute approximate surface area is 106 Å². The second-order valence-electron chi connectivity index (χ2n) is 3.32. The molecule has 0 atom stereocenters. The van der Waals surface area contributed by atoms with Crippen molar-refractivity contribution in [1.82, 2.24) is 9.97 Å². The minimum Gasteiger partial charge on any atom is -0.469 e. The van der Waals surface area contributed by atoms with E-state index in [2.05, 4.69) is 14.7 Å². The molecule has 0 fully saturated rings. The lowest BCUT2D eigenvalue weighted by Gasteiger charge is -2.21. The van der Waals surface area contributed by atoms with Gasteiger partial charge in [-0.1, -0.05) is 0 Å². The van der Waals surface area contributed by atoms with E-state index in [1.807, 2.05) is 24.1 Å². The zero-order chi connectivity index (χ0) is 12.7. The van der Waals surface area contributed by atoms with Crippen LogP contribution in [0.5, 0.6) is 0 Å². The second-order valence-corrected chi connectivity index (χ2v) is 4.15. The van der Waals surface area contributed by atoms with Gasteiger partial charge in [0.1, 0.15) is 17.2 Å². The van der Waals surface area contributed by atoms with Gasteiger partial charge in [0, 0.05) is 19.2 Å². The van der Waals surface area contributed by atoms with Crippen LogP contribution >= 0.6 is 11.8 Å². The van der Waals surface area contributed by atoms with Crippen LogP contribution in [0.15, 0.2) is 17.4 Å². The van der Waals surface area contributed by atoms with E-state index in [4.69, 9.17) is 0 Å². The van der Waals surface area contributed by atoms with Crippen molar-refractivity contribution in [3.63, 3.8) is 0 Å². The number of esters is 1. The Hall–Kier alpha value is -1.30. The standard InChI is InChI=1S/C11H17N3O2S/c1-4-14(6-5-11(15)16-2)9-7-10(17-3)13-8-12-9/h7-8H,4-6H2,1-3H3. The normalized spacial score (nSPS) is 10.1. The number of hydrogen-bond donors (Lipinski definition) is 0. The molecule has 0 aliphatic heterocycles. The molecule has 0 saturated heterocycles. The van der Waals surface area contributed by atoms with Crippen LogP contribution in [0.4, 0.5) is 5.82 Å². The van der Waals surface area contributed by atoms with Gasteiger partial charge in [0.15, 0.2) is 0 Å². The molecule has 0 radical (unpaired) electrons. The lowest BCUT2D eigenvalue weighted by atomic mass is 10.3. The topological polar surface area (TPSA) is 55.3 Å². The molecule has 6 heteroatoms. The number of hydrogen-bond acceptors (Lipinski definition) is 6. The third kappa shape index (κ3) is 4.22. The van der Waals surface area contributed by atoms with Crippen molar-refractivity contribution in [3.8, 4) is 0 Å². The predicted molar refractivity (Wildman–Crippen MR) is 68.3 cm³/mol. The highest BCUT2D eigenvalue weighted by Gasteiger charge is 2.09. The van der Waals surface area contributed by atoms with E-state index in [0.717, 1.165) is 17.4 Å². The Morgan fingerprint density at radius 3 is 2.88 bits per heavy atom. The van der Waals surface area contributed by atoms with Gasteiger partial charge in [0.05, 0.1) is 13.5 Å². The number of carbonyl (C=O) groups is 1. The average molecular weight is 255 g/mol. The second kappa shape index (κ2) is 7.11. The van der Waals surface area contributed by atoms with Crippen molar-refractivity contribution in [2.45, 2.75) is 18.4 Å². The highest BCUT2D eigenvalue weighted by molar-refractivity contribution is 7.98. The SMILES string of the molecule is CCN(CCC(=O)OC)c1cc(SC)ncn1. The van der Waals surface area contributed by atoms with Gasteiger partial charge < -0.3 is 9.64 Å². The van der Waals surface area contributed by atoms with Gasteiger partial charge in [0.25, 0.3) is 0 Å². The molecule has 0 amide bonds. The van der Waals surface area contributed by atoms with Crippen molar-refractivity contribution in [1.29, 1.82) is 0 Å². The van der Waals surface area contributed by atoms with Crippen LogP contribution in [0.2, 0.25) is 0 Å². The predicted octanol–water partition coefficient (Wildman–Crippen LogP) is 1.59. The van der Waals surface area contributed by atoms with Crippen LogP contribution in [0.3, 0.4) is 0 Å². The zero-order valence-electron chi connectivity index (χ0n) is 10.3. The number of thioether (sulfide) groups is 1. The first-order chi connectivity index (χ1) is 8.21. The minimum absolute atomic E-state index is 0.206. The molecule has 94 valence electrons. The number of methoxy groups -OCH3 is 1. The quantitative estimate of drug-likeness (QED) is 0.437. The fourth-order valence-electron chi connectivity index (χ4n) is 1.38. The lowest BCUT2D eigenvalue weighted by molar-refractivity contribution is -0.140. The van der Waals surface area contributed by atoms with E-state index in [-0.39, 0.29) is 5.97 Å². The summed E-state index contributed by atoms with van der Waals surface area (Å²) in [4.78, 5) is 21.5.